The maximum absolute atomic E-state index is 15.1. The molecule has 0 saturated heterocycles. The Morgan fingerprint density at radius 1 is 1.15 bits per heavy atom. The zero-order valence-corrected chi connectivity index (χ0v) is 21.7. The molecule has 3 heterocycles. The molecule has 0 fully saturated rings. The summed E-state index contributed by atoms with van der Waals surface area (Å²) in [4.78, 5) is 30.3. The van der Waals surface area contributed by atoms with E-state index in [4.69, 9.17) is 16.3 Å². The molecule has 9 nitrogen and oxygen atoms in total. The van der Waals surface area contributed by atoms with Gasteiger partial charge in [0.2, 0.25) is 0 Å². The number of aromatic amines is 1. The van der Waals surface area contributed by atoms with Gasteiger partial charge in [0.25, 0.3) is 5.56 Å². The van der Waals surface area contributed by atoms with E-state index in [1.807, 2.05) is 0 Å². The number of carbonyl (C=O) groups excluding carboxylic acids is 1. The van der Waals surface area contributed by atoms with Gasteiger partial charge in [0.1, 0.15) is 17.0 Å². The van der Waals surface area contributed by atoms with E-state index in [2.05, 4.69) is 20.5 Å². The van der Waals surface area contributed by atoms with Crippen molar-refractivity contribution in [1.82, 2.24) is 19.7 Å². The van der Waals surface area contributed by atoms with Crippen LogP contribution in [-0.4, -0.2) is 43.3 Å². The molecular formula is C28H22ClF2N5O4. The number of hydrogen-bond acceptors (Lipinski definition) is 7. The molecule has 0 spiro atoms. The zero-order valence-electron chi connectivity index (χ0n) is 21.0. The first-order chi connectivity index (χ1) is 19.2. The van der Waals surface area contributed by atoms with Gasteiger partial charge in [-0.1, -0.05) is 17.7 Å². The van der Waals surface area contributed by atoms with Crippen molar-refractivity contribution >= 4 is 34.2 Å². The second-order valence-electron chi connectivity index (χ2n) is 9.02. The van der Waals surface area contributed by atoms with Crippen LogP contribution >= 0.6 is 11.6 Å². The zero-order chi connectivity index (χ0) is 28.4. The van der Waals surface area contributed by atoms with Gasteiger partial charge in [0.15, 0.2) is 28.8 Å². The quantitative estimate of drug-likeness (QED) is 0.214. The number of aromatic nitrogens is 4. The van der Waals surface area contributed by atoms with E-state index in [9.17, 15) is 19.1 Å². The molecule has 0 radical (unpaired) electrons. The van der Waals surface area contributed by atoms with Crippen LogP contribution in [0.25, 0.3) is 16.7 Å². The first-order valence-electron chi connectivity index (χ1n) is 12.1. The van der Waals surface area contributed by atoms with Gasteiger partial charge < -0.3 is 15.2 Å². The van der Waals surface area contributed by atoms with Gasteiger partial charge in [-0.05, 0) is 55.0 Å². The van der Waals surface area contributed by atoms with E-state index in [-0.39, 0.29) is 41.2 Å². The fourth-order valence-corrected chi connectivity index (χ4v) is 4.28. The Hall–Kier alpha value is -4.61. The molecule has 5 rings (SSSR count). The number of carbonyl (C=O) groups is 1. The molecule has 0 bridgehead atoms. The van der Waals surface area contributed by atoms with Crippen LogP contribution in [0.5, 0.6) is 11.5 Å². The van der Waals surface area contributed by atoms with E-state index >= 15 is 4.39 Å². The number of ketones is 1. The smallest absolute Gasteiger partial charge is 0.266 e. The molecule has 40 heavy (non-hydrogen) atoms. The van der Waals surface area contributed by atoms with Crippen molar-refractivity contribution < 1.29 is 23.4 Å². The summed E-state index contributed by atoms with van der Waals surface area (Å²) >= 11 is 6.16. The van der Waals surface area contributed by atoms with Gasteiger partial charge in [0.05, 0.1) is 17.2 Å². The molecule has 204 valence electrons. The molecule has 0 aliphatic rings. The third-order valence-corrected chi connectivity index (χ3v) is 6.26. The number of halogens is 3. The summed E-state index contributed by atoms with van der Waals surface area (Å²) in [5.74, 6) is -1.22. The Bertz CT molecular complexity index is 1770. The van der Waals surface area contributed by atoms with E-state index in [0.29, 0.717) is 28.1 Å². The third-order valence-electron chi connectivity index (χ3n) is 6.05. The van der Waals surface area contributed by atoms with Gasteiger partial charge in [-0.25, -0.2) is 13.8 Å². The average Bonchev–Trinajstić information content (AvgIpc) is 3.35. The molecule has 0 aliphatic carbocycles. The van der Waals surface area contributed by atoms with Crippen molar-refractivity contribution in [2.75, 3.05) is 11.9 Å². The number of fused-ring (bicyclic) bond motifs is 1. The SMILES string of the molecule is C[C@H](CO)Nc1n[nH]c2nccc(Oc3ccc(CC(=O)c4cc(Cl)cn(-c5ccc(F)cc5)c4=O)cc3F)c12. The summed E-state index contributed by atoms with van der Waals surface area (Å²) in [6.07, 6.45) is 2.54. The lowest BCUT2D eigenvalue weighted by Crippen LogP contribution is -2.25. The number of pyridine rings is 2. The number of hydrogen-bond donors (Lipinski definition) is 3. The standard InChI is InChI=1S/C28H22ClF2N5O4/c1-15(14-37)33-27-25-24(8-9-32-26(25)34-35-27)40-23-7-2-16(10-21(23)31)11-22(38)20-12-17(29)13-36(28(20)39)19-5-3-18(30)4-6-19/h2-10,12-13,15,37H,11,14H2,1H3,(H2,32,33,34,35)/t15-/m1/s1. The highest BCUT2D eigenvalue weighted by Crippen LogP contribution is 2.34. The number of ether oxygens (including phenoxy) is 1. The number of rotatable bonds is 9. The van der Waals surface area contributed by atoms with Crippen LogP contribution in [0.1, 0.15) is 22.8 Å². The highest BCUT2D eigenvalue weighted by molar-refractivity contribution is 6.30. The van der Waals surface area contributed by atoms with Crippen LogP contribution in [0, 0.1) is 11.6 Å². The molecule has 5 aromatic rings. The Balaban J connectivity index is 1.38. The summed E-state index contributed by atoms with van der Waals surface area (Å²) in [7, 11) is 0. The fraction of sp³-hybridized carbons (Fsp3) is 0.143. The molecule has 3 N–H and O–H groups in total. The number of anilines is 1. The lowest BCUT2D eigenvalue weighted by molar-refractivity contribution is 0.0991. The molecule has 3 aromatic heterocycles. The van der Waals surface area contributed by atoms with Crippen LogP contribution in [0.3, 0.4) is 0 Å². The minimum atomic E-state index is -0.730. The molecule has 0 aliphatic heterocycles. The van der Waals surface area contributed by atoms with Crippen LogP contribution in [0.2, 0.25) is 5.02 Å². The predicted octanol–water partition coefficient (Wildman–Crippen LogP) is 5.05. The fourth-order valence-electron chi connectivity index (χ4n) is 4.07. The van der Waals surface area contributed by atoms with Crippen molar-refractivity contribution in [1.29, 1.82) is 0 Å². The average molecular weight is 566 g/mol. The van der Waals surface area contributed by atoms with Gasteiger partial charge >= 0.3 is 0 Å². The number of benzene rings is 2. The highest BCUT2D eigenvalue weighted by atomic mass is 35.5. The molecule has 0 saturated carbocycles. The topological polar surface area (TPSA) is 122 Å². The number of nitrogens with zero attached hydrogens (tertiary/aromatic N) is 3. The van der Waals surface area contributed by atoms with Gasteiger partial charge in [0, 0.05) is 36.6 Å². The van der Waals surface area contributed by atoms with Gasteiger partial charge in [-0.3, -0.25) is 19.3 Å². The lowest BCUT2D eigenvalue weighted by atomic mass is 10.0. The molecule has 1 atom stereocenters. The maximum Gasteiger partial charge on any atom is 0.266 e. The molecule has 2 aromatic carbocycles. The number of aliphatic hydroxyl groups excluding tert-OH is 1. The summed E-state index contributed by atoms with van der Waals surface area (Å²) < 4.78 is 35.4. The van der Waals surface area contributed by atoms with Crippen LogP contribution in [0.4, 0.5) is 14.6 Å². The second kappa shape index (κ2) is 11.2. The second-order valence-corrected chi connectivity index (χ2v) is 9.46. The van der Waals surface area contributed by atoms with Crippen LogP contribution in [-0.2, 0) is 6.42 Å². The summed E-state index contributed by atoms with van der Waals surface area (Å²) in [5.41, 5.74) is 0.227. The molecule has 0 unspecified atom stereocenters. The molecule has 12 heteroatoms. The normalized spacial score (nSPS) is 11.9. The van der Waals surface area contributed by atoms with E-state index in [0.717, 1.165) is 10.6 Å². The largest absolute Gasteiger partial charge is 0.453 e. The minimum absolute atomic E-state index is 0.104. The van der Waals surface area contributed by atoms with Crippen molar-refractivity contribution in [3.05, 3.63) is 105 Å². The number of aliphatic hydroxyl groups is 1. The third kappa shape index (κ3) is 5.56. The lowest BCUT2D eigenvalue weighted by Gasteiger charge is -2.12. The minimum Gasteiger partial charge on any atom is -0.453 e. The Kier molecular flexibility index (Phi) is 7.58. The van der Waals surface area contributed by atoms with Crippen molar-refractivity contribution in [3.8, 4) is 17.2 Å². The summed E-state index contributed by atoms with van der Waals surface area (Å²) in [6.45, 7) is 1.63. The Labute approximate surface area is 231 Å². The number of H-pyrrole nitrogens is 1. The number of Topliss-reactive ketones (excluding diaryl/α,β-unsaturated/α-hetero) is 1. The monoisotopic (exact) mass is 565 g/mol. The Morgan fingerprint density at radius 3 is 2.65 bits per heavy atom. The predicted molar refractivity (Wildman–Crippen MR) is 146 cm³/mol. The van der Waals surface area contributed by atoms with Gasteiger partial charge in [-0.15, -0.1) is 0 Å². The van der Waals surface area contributed by atoms with E-state index in [1.165, 1.54) is 54.9 Å². The van der Waals surface area contributed by atoms with E-state index in [1.54, 1.807) is 13.0 Å². The Morgan fingerprint density at radius 2 is 1.93 bits per heavy atom. The van der Waals surface area contributed by atoms with Crippen molar-refractivity contribution in [3.63, 3.8) is 0 Å². The number of nitrogens with one attached hydrogen (secondary N) is 2. The molecular weight excluding hydrogens is 544 g/mol. The van der Waals surface area contributed by atoms with E-state index < -0.39 is 23.0 Å². The summed E-state index contributed by atoms with van der Waals surface area (Å²) in [6, 6.07) is 11.7. The van der Waals surface area contributed by atoms with Crippen LogP contribution in [0.15, 0.2) is 71.8 Å². The van der Waals surface area contributed by atoms with Crippen molar-refractivity contribution in [2.24, 2.45) is 0 Å². The first-order valence-corrected chi connectivity index (χ1v) is 12.5. The maximum atomic E-state index is 15.1. The van der Waals surface area contributed by atoms with Gasteiger partial charge in [-0.2, -0.15) is 5.10 Å². The highest BCUT2D eigenvalue weighted by Gasteiger charge is 2.19. The van der Waals surface area contributed by atoms with Crippen molar-refractivity contribution in [2.45, 2.75) is 19.4 Å². The molecule has 0 amide bonds. The first kappa shape index (κ1) is 27.0. The summed E-state index contributed by atoms with van der Waals surface area (Å²) in [5, 5.41) is 19.9. The van der Waals surface area contributed by atoms with Crippen LogP contribution < -0.4 is 15.6 Å².